The topological polar surface area (TPSA) is 80.5 Å². The molecule has 0 fully saturated rings. The highest BCUT2D eigenvalue weighted by atomic mass is 32.2. The van der Waals surface area contributed by atoms with Crippen LogP contribution < -0.4 is 4.31 Å². The van der Waals surface area contributed by atoms with E-state index in [1.54, 1.807) is 12.1 Å². The molecular formula is C17H18N2O4S. The summed E-state index contributed by atoms with van der Waals surface area (Å²) in [6.07, 6.45) is 1.43. The summed E-state index contributed by atoms with van der Waals surface area (Å²) in [7, 11) is -3.60. The molecule has 0 saturated carbocycles. The van der Waals surface area contributed by atoms with Crippen LogP contribution in [0.4, 0.5) is 11.4 Å². The summed E-state index contributed by atoms with van der Waals surface area (Å²) in [4.78, 5) is 10.5. The summed E-state index contributed by atoms with van der Waals surface area (Å²) in [6, 6.07) is 11.8. The molecule has 7 heteroatoms. The second-order valence-corrected chi connectivity index (χ2v) is 7.88. The Morgan fingerprint density at radius 1 is 1.21 bits per heavy atom. The number of anilines is 1. The summed E-state index contributed by atoms with van der Waals surface area (Å²) < 4.78 is 27.1. The van der Waals surface area contributed by atoms with Crippen molar-refractivity contribution < 1.29 is 13.3 Å². The predicted molar refractivity (Wildman–Crippen MR) is 92.6 cm³/mol. The SMILES string of the molecule is Cc1cccc(CS(=O)(=O)N2CCCc3ccc([N+](=O)[O-])cc32)c1. The van der Waals surface area contributed by atoms with Crippen molar-refractivity contribution in [3.63, 3.8) is 0 Å². The van der Waals surface area contributed by atoms with Crippen LogP contribution in [-0.2, 0) is 22.2 Å². The van der Waals surface area contributed by atoms with Crippen molar-refractivity contribution in [1.82, 2.24) is 0 Å². The van der Waals surface area contributed by atoms with Gasteiger partial charge in [-0.15, -0.1) is 0 Å². The minimum Gasteiger partial charge on any atom is -0.269 e. The van der Waals surface area contributed by atoms with Crippen molar-refractivity contribution >= 4 is 21.4 Å². The van der Waals surface area contributed by atoms with Crippen molar-refractivity contribution in [2.75, 3.05) is 10.8 Å². The molecule has 2 aromatic carbocycles. The Morgan fingerprint density at radius 2 is 2.00 bits per heavy atom. The number of benzene rings is 2. The monoisotopic (exact) mass is 346 g/mol. The maximum Gasteiger partial charge on any atom is 0.271 e. The first-order chi connectivity index (χ1) is 11.4. The van der Waals surface area contributed by atoms with Gasteiger partial charge in [-0.05, 0) is 30.9 Å². The van der Waals surface area contributed by atoms with Gasteiger partial charge in [-0.3, -0.25) is 14.4 Å². The molecule has 0 amide bonds. The number of nitro benzene ring substituents is 1. The molecular weight excluding hydrogens is 328 g/mol. The molecule has 0 atom stereocenters. The third-order valence-corrected chi connectivity index (χ3v) is 5.87. The maximum atomic E-state index is 12.9. The number of sulfonamides is 1. The van der Waals surface area contributed by atoms with E-state index < -0.39 is 14.9 Å². The van der Waals surface area contributed by atoms with E-state index in [1.807, 2.05) is 25.1 Å². The zero-order valence-electron chi connectivity index (χ0n) is 13.3. The fraction of sp³-hybridized carbons (Fsp3) is 0.294. The first-order valence-corrected chi connectivity index (χ1v) is 9.31. The molecule has 126 valence electrons. The van der Waals surface area contributed by atoms with E-state index in [1.165, 1.54) is 16.4 Å². The van der Waals surface area contributed by atoms with Gasteiger partial charge in [0, 0.05) is 18.7 Å². The van der Waals surface area contributed by atoms with Gasteiger partial charge in [-0.1, -0.05) is 35.9 Å². The van der Waals surface area contributed by atoms with Gasteiger partial charge in [-0.2, -0.15) is 0 Å². The van der Waals surface area contributed by atoms with E-state index in [0.717, 1.165) is 17.5 Å². The van der Waals surface area contributed by atoms with Crippen molar-refractivity contribution in [1.29, 1.82) is 0 Å². The number of non-ortho nitro benzene ring substituents is 1. The van der Waals surface area contributed by atoms with Crippen LogP contribution in [0.25, 0.3) is 0 Å². The number of hydrogen-bond acceptors (Lipinski definition) is 4. The first kappa shape index (κ1) is 16.4. The Morgan fingerprint density at radius 3 is 2.71 bits per heavy atom. The van der Waals surface area contributed by atoms with Gasteiger partial charge in [0.15, 0.2) is 0 Å². The van der Waals surface area contributed by atoms with E-state index >= 15 is 0 Å². The van der Waals surface area contributed by atoms with Gasteiger partial charge in [0.2, 0.25) is 10.0 Å². The minimum absolute atomic E-state index is 0.0913. The van der Waals surface area contributed by atoms with Gasteiger partial charge in [0.1, 0.15) is 0 Å². The smallest absolute Gasteiger partial charge is 0.269 e. The highest BCUT2D eigenvalue weighted by Crippen LogP contribution is 2.33. The molecule has 0 N–H and O–H groups in total. The average Bonchev–Trinajstić information content (AvgIpc) is 2.53. The summed E-state index contributed by atoms with van der Waals surface area (Å²) in [5.74, 6) is -0.114. The van der Waals surface area contributed by atoms with Gasteiger partial charge < -0.3 is 0 Å². The van der Waals surface area contributed by atoms with Gasteiger partial charge in [0.05, 0.1) is 16.4 Å². The lowest BCUT2D eigenvalue weighted by Gasteiger charge is -2.30. The molecule has 1 aliphatic heterocycles. The number of rotatable bonds is 4. The predicted octanol–water partition coefficient (Wildman–Crippen LogP) is 3.19. The molecule has 6 nitrogen and oxygen atoms in total. The van der Waals surface area contributed by atoms with Crippen molar-refractivity contribution in [3.8, 4) is 0 Å². The molecule has 0 bridgehead atoms. The normalized spacial score (nSPS) is 14.3. The van der Waals surface area contributed by atoms with Crippen LogP contribution in [0.1, 0.15) is 23.1 Å². The molecule has 1 aliphatic rings. The molecule has 24 heavy (non-hydrogen) atoms. The average molecular weight is 346 g/mol. The molecule has 2 aromatic rings. The van der Waals surface area contributed by atoms with Crippen molar-refractivity contribution in [2.45, 2.75) is 25.5 Å². The van der Waals surface area contributed by atoms with Gasteiger partial charge >= 0.3 is 0 Å². The number of fused-ring (bicyclic) bond motifs is 1. The molecule has 0 aromatic heterocycles. The summed E-state index contributed by atoms with van der Waals surface area (Å²) in [5, 5.41) is 11.0. The second-order valence-electron chi connectivity index (χ2n) is 5.99. The highest BCUT2D eigenvalue weighted by Gasteiger charge is 2.29. The Hall–Kier alpha value is -2.41. The Balaban J connectivity index is 1.98. The largest absolute Gasteiger partial charge is 0.271 e. The van der Waals surface area contributed by atoms with Crippen LogP contribution in [0.15, 0.2) is 42.5 Å². The molecule has 3 rings (SSSR count). The fourth-order valence-electron chi connectivity index (χ4n) is 3.02. The van der Waals surface area contributed by atoms with Crippen LogP contribution in [0, 0.1) is 17.0 Å². The van der Waals surface area contributed by atoms with E-state index in [9.17, 15) is 18.5 Å². The molecule has 0 radical (unpaired) electrons. The number of nitrogens with zero attached hydrogens (tertiary/aromatic N) is 2. The van der Waals surface area contributed by atoms with Crippen LogP contribution in [0.5, 0.6) is 0 Å². The van der Waals surface area contributed by atoms with Gasteiger partial charge in [0.25, 0.3) is 5.69 Å². The van der Waals surface area contributed by atoms with Gasteiger partial charge in [-0.25, -0.2) is 8.42 Å². The minimum atomic E-state index is -3.60. The number of hydrogen-bond donors (Lipinski definition) is 0. The number of aryl methyl sites for hydroxylation is 2. The van der Waals surface area contributed by atoms with E-state index in [4.69, 9.17) is 0 Å². The molecule has 1 heterocycles. The standard InChI is InChI=1S/C17H18N2O4S/c1-13-4-2-5-14(10-13)12-24(22,23)18-9-3-6-15-7-8-16(19(20)21)11-17(15)18/h2,4-5,7-8,10-11H,3,6,9,12H2,1H3. The van der Waals surface area contributed by atoms with E-state index in [0.29, 0.717) is 24.2 Å². The lowest BCUT2D eigenvalue weighted by atomic mass is 10.0. The van der Waals surface area contributed by atoms with E-state index in [-0.39, 0.29) is 11.4 Å². The van der Waals surface area contributed by atoms with Crippen LogP contribution in [0.3, 0.4) is 0 Å². The Bertz CT molecular complexity index is 893. The Kier molecular flexibility index (Phi) is 4.28. The number of nitro groups is 1. The quantitative estimate of drug-likeness (QED) is 0.629. The first-order valence-electron chi connectivity index (χ1n) is 7.70. The molecule has 0 saturated heterocycles. The summed E-state index contributed by atoms with van der Waals surface area (Å²) in [6.45, 7) is 2.26. The lowest BCUT2D eigenvalue weighted by molar-refractivity contribution is -0.384. The highest BCUT2D eigenvalue weighted by molar-refractivity contribution is 7.92. The molecule has 0 unspecified atom stereocenters. The Labute approximate surface area is 140 Å². The van der Waals surface area contributed by atoms with E-state index in [2.05, 4.69) is 0 Å². The molecule has 0 aliphatic carbocycles. The van der Waals surface area contributed by atoms with Crippen LogP contribution >= 0.6 is 0 Å². The maximum absolute atomic E-state index is 12.9. The van der Waals surface area contributed by atoms with Crippen LogP contribution in [-0.4, -0.2) is 19.9 Å². The van der Waals surface area contributed by atoms with Crippen molar-refractivity contribution in [3.05, 3.63) is 69.3 Å². The van der Waals surface area contributed by atoms with Crippen LogP contribution in [0.2, 0.25) is 0 Å². The zero-order valence-corrected chi connectivity index (χ0v) is 14.1. The lowest BCUT2D eigenvalue weighted by Crippen LogP contribution is -2.36. The summed E-state index contributed by atoms with van der Waals surface area (Å²) >= 11 is 0. The zero-order chi connectivity index (χ0) is 17.3. The third kappa shape index (κ3) is 3.26. The molecule has 0 spiro atoms. The fourth-order valence-corrected chi connectivity index (χ4v) is 4.66. The second kappa shape index (κ2) is 6.24. The summed E-state index contributed by atoms with van der Waals surface area (Å²) in [5.41, 5.74) is 2.89. The van der Waals surface area contributed by atoms with Crippen molar-refractivity contribution in [2.24, 2.45) is 0 Å². The third-order valence-electron chi connectivity index (χ3n) is 4.12.